The number of carbonyl (C=O) groups is 1. The summed E-state index contributed by atoms with van der Waals surface area (Å²) < 4.78 is 12.7. The molecule has 0 saturated heterocycles. The Morgan fingerprint density at radius 3 is 2.40 bits per heavy atom. The molecule has 1 atom stereocenters. The van der Waals surface area contributed by atoms with E-state index in [0.717, 1.165) is 0 Å². The third-order valence-corrected chi connectivity index (χ3v) is 2.98. The van der Waals surface area contributed by atoms with E-state index in [1.165, 1.54) is 24.3 Å². The summed E-state index contributed by atoms with van der Waals surface area (Å²) in [5.74, 6) is -0.446. The average Bonchev–Trinajstić information content (AvgIpc) is 2.36. The Labute approximate surface area is 119 Å². The van der Waals surface area contributed by atoms with Gasteiger partial charge in [0.2, 0.25) is 5.91 Å². The predicted octanol–water partition coefficient (Wildman–Crippen LogP) is 2.25. The molecule has 0 aliphatic rings. The van der Waals surface area contributed by atoms with E-state index in [1.807, 2.05) is 13.8 Å². The van der Waals surface area contributed by atoms with Crippen LogP contribution in [0.5, 0.6) is 0 Å². The topological polar surface area (TPSA) is 52.6 Å². The van der Waals surface area contributed by atoms with Gasteiger partial charge in [-0.15, -0.1) is 0 Å². The zero-order valence-corrected chi connectivity index (χ0v) is 12.3. The largest absolute Gasteiger partial charge is 0.392 e. The number of hydrogen-bond acceptors (Lipinski definition) is 3. The number of amides is 1. The number of aliphatic hydroxyl groups is 1. The first kappa shape index (κ1) is 16.6. The summed E-state index contributed by atoms with van der Waals surface area (Å²) in [7, 11) is 0. The highest BCUT2D eigenvalue weighted by atomic mass is 19.1. The Bertz CT molecular complexity index is 418. The van der Waals surface area contributed by atoms with Gasteiger partial charge >= 0.3 is 0 Å². The number of anilines is 1. The number of nitrogens with one attached hydrogen (secondary N) is 1. The number of halogens is 1. The van der Waals surface area contributed by atoms with Gasteiger partial charge in [-0.1, -0.05) is 0 Å². The van der Waals surface area contributed by atoms with Crippen LogP contribution in [-0.2, 0) is 4.79 Å². The molecule has 0 aliphatic heterocycles. The number of aliphatic hydroxyl groups excluding tert-OH is 1. The summed E-state index contributed by atoms with van der Waals surface area (Å²) in [6.45, 7) is 6.91. The van der Waals surface area contributed by atoms with Crippen LogP contribution >= 0.6 is 0 Å². The second-order valence-corrected chi connectivity index (χ2v) is 5.24. The number of benzene rings is 1. The monoisotopic (exact) mass is 282 g/mol. The third-order valence-electron chi connectivity index (χ3n) is 2.98. The molecule has 0 spiro atoms. The molecule has 0 aromatic heterocycles. The van der Waals surface area contributed by atoms with Gasteiger partial charge in [0.1, 0.15) is 5.82 Å². The van der Waals surface area contributed by atoms with Crippen LogP contribution in [0, 0.1) is 5.82 Å². The van der Waals surface area contributed by atoms with E-state index >= 15 is 0 Å². The van der Waals surface area contributed by atoms with Crippen LogP contribution in [0.2, 0.25) is 0 Å². The highest BCUT2D eigenvalue weighted by Crippen LogP contribution is 2.09. The van der Waals surface area contributed by atoms with Crippen molar-refractivity contribution in [1.82, 2.24) is 4.90 Å². The molecule has 5 heteroatoms. The summed E-state index contributed by atoms with van der Waals surface area (Å²) in [5.41, 5.74) is 0.586. The molecule has 1 aromatic rings. The van der Waals surface area contributed by atoms with Gasteiger partial charge in [0.15, 0.2) is 0 Å². The maximum Gasteiger partial charge on any atom is 0.225 e. The quantitative estimate of drug-likeness (QED) is 0.806. The maximum absolute atomic E-state index is 12.7. The molecular weight excluding hydrogens is 259 g/mol. The van der Waals surface area contributed by atoms with Crippen LogP contribution in [0.15, 0.2) is 24.3 Å². The van der Waals surface area contributed by atoms with Crippen LogP contribution in [0.25, 0.3) is 0 Å². The Balaban J connectivity index is 2.43. The van der Waals surface area contributed by atoms with Crippen molar-refractivity contribution in [3.8, 4) is 0 Å². The van der Waals surface area contributed by atoms with Gasteiger partial charge in [0, 0.05) is 31.2 Å². The van der Waals surface area contributed by atoms with Crippen molar-refractivity contribution in [2.75, 3.05) is 18.4 Å². The van der Waals surface area contributed by atoms with Crippen molar-refractivity contribution in [3.63, 3.8) is 0 Å². The van der Waals surface area contributed by atoms with Gasteiger partial charge in [0.05, 0.1) is 6.10 Å². The minimum atomic E-state index is -0.419. The zero-order chi connectivity index (χ0) is 15.1. The SMILES string of the molecule is CC(O)CN(CCC(=O)Nc1ccc(F)cc1)C(C)C. The summed E-state index contributed by atoms with van der Waals surface area (Å²) in [6.07, 6.45) is -0.0833. The minimum absolute atomic E-state index is 0.118. The third kappa shape index (κ3) is 6.12. The first-order valence-corrected chi connectivity index (χ1v) is 6.86. The van der Waals surface area contributed by atoms with Gasteiger partial charge in [0.25, 0.3) is 0 Å². The summed E-state index contributed by atoms with van der Waals surface area (Å²) in [4.78, 5) is 13.9. The molecule has 0 saturated carbocycles. The molecular formula is C15H23FN2O2. The van der Waals surface area contributed by atoms with Crippen molar-refractivity contribution in [2.24, 2.45) is 0 Å². The van der Waals surface area contributed by atoms with Crippen molar-refractivity contribution >= 4 is 11.6 Å². The average molecular weight is 282 g/mol. The van der Waals surface area contributed by atoms with E-state index in [9.17, 15) is 14.3 Å². The van der Waals surface area contributed by atoms with Crippen molar-refractivity contribution in [1.29, 1.82) is 0 Å². The summed E-state index contributed by atoms with van der Waals surface area (Å²) >= 11 is 0. The molecule has 1 rings (SSSR count). The molecule has 20 heavy (non-hydrogen) atoms. The second kappa shape index (κ2) is 7.97. The van der Waals surface area contributed by atoms with E-state index < -0.39 is 6.10 Å². The smallest absolute Gasteiger partial charge is 0.225 e. The lowest BCUT2D eigenvalue weighted by molar-refractivity contribution is -0.116. The van der Waals surface area contributed by atoms with Crippen LogP contribution in [-0.4, -0.2) is 41.1 Å². The fourth-order valence-electron chi connectivity index (χ4n) is 1.90. The lowest BCUT2D eigenvalue weighted by atomic mass is 10.2. The van der Waals surface area contributed by atoms with Crippen LogP contribution < -0.4 is 5.32 Å². The number of hydrogen-bond donors (Lipinski definition) is 2. The van der Waals surface area contributed by atoms with Gasteiger partial charge < -0.3 is 10.4 Å². The predicted molar refractivity (Wildman–Crippen MR) is 78.0 cm³/mol. The van der Waals surface area contributed by atoms with Crippen LogP contribution in [0.3, 0.4) is 0 Å². The molecule has 0 bridgehead atoms. The Morgan fingerprint density at radius 1 is 1.30 bits per heavy atom. The molecule has 1 aromatic carbocycles. The van der Waals surface area contributed by atoms with Gasteiger partial charge in [-0.05, 0) is 45.0 Å². The highest BCUT2D eigenvalue weighted by molar-refractivity contribution is 5.90. The Kier molecular flexibility index (Phi) is 6.61. The summed E-state index contributed by atoms with van der Waals surface area (Å²) in [6, 6.07) is 5.95. The van der Waals surface area contributed by atoms with E-state index in [4.69, 9.17) is 0 Å². The molecule has 0 heterocycles. The van der Waals surface area contributed by atoms with E-state index in [-0.39, 0.29) is 17.8 Å². The normalized spacial score (nSPS) is 12.8. The number of rotatable bonds is 7. The first-order chi connectivity index (χ1) is 9.38. The van der Waals surface area contributed by atoms with Gasteiger partial charge in [-0.3, -0.25) is 9.69 Å². The second-order valence-electron chi connectivity index (χ2n) is 5.24. The van der Waals surface area contributed by atoms with Gasteiger partial charge in [-0.2, -0.15) is 0 Å². The Morgan fingerprint density at radius 2 is 1.90 bits per heavy atom. The fraction of sp³-hybridized carbons (Fsp3) is 0.533. The zero-order valence-electron chi connectivity index (χ0n) is 12.3. The lowest BCUT2D eigenvalue weighted by Crippen LogP contribution is -2.38. The van der Waals surface area contributed by atoms with Crippen molar-refractivity contribution < 1.29 is 14.3 Å². The number of carbonyl (C=O) groups excluding carboxylic acids is 1. The molecule has 1 unspecified atom stereocenters. The molecule has 0 aliphatic carbocycles. The number of nitrogens with zero attached hydrogens (tertiary/aromatic N) is 1. The molecule has 0 radical (unpaired) electrons. The van der Waals surface area contributed by atoms with Crippen molar-refractivity contribution in [3.05, 3.63) is 30.1 Å². The molecule has 112 valence electrons. The van der Waals surface area contributed by atoms with E-state index in [1.54, 1.807) is 6.92 Å². The maximum atomic E-state index is 12.7. The molecule has 1 amide bonds. The molecule has 0 fully saturated rings. The van der Waals surface area contributed by atoms with E-state index in [2.05, 4.69) is 10.2 Å². The minimum Gasteiger partial charge on any atom is -0.392 e. The van der Waals surface area contributed by atoms with Crippen LogP contribution in [0.4, 0.5) is 10.1 Å². The van der Waals surface area contributed by atoms with E-state index in [0.29, 0.717) is 25.2 Å². The van der Waals surface area contributed by atoms with Crippen molar-refractivity contribution in [2.45, 2.75) is 39.3 Å². The molecule has 4 nitrogen and oxygen atoms in total. The van der Waals surface area contributed by atoms with Gasteiger partial charge in [-0.25, -0.2) is 4.39 Å². The highest BCUT2D eigenvalue weighted by Gasteiger charge is 2.13. The first-order valence-electron chi connectivity index (χ1n) is 6.86. The van der Waals surface area contributed by atoms with Crippen LogP contribution in [0.1, 0.15) is 27.2 Å². The summed E-state index contributed by atoms with van der Waals surface area (Å²) in [5, 5.41) is 12.1. The standard InChI is InChI=1S/C15H23FN2O2/c1-11(2)18(10-12(3)19)9-8-15(20)17-14-6-4-13(16)5-7-14/h4-7,11-12,19H,8-10H2,1-3H3,(H,17,20). The fourth-order valence-corrected chi connectivity index (χ4v) is 1.90. The molecule has 2 N–H and O–H groups in total. The lowest BCUT2D eigenvalue weighted by Gasteiger charge is -2.27. The Hall–Kier alpha value is -1.46.